The number of nitrogens with one attached hydrogen (secondary N) is 1. The Morgan fingerprint density at radius 3 is 2.64 bits per heavy atom. The van der Waals surface area contributed by atoms with E-state index in [2.05, 4.69) is 26.1 Å². The van der Waals surface area contributed by atoms with E-state index in [1.54, 1.807) is 18.9 Å². The van der Waals surface area contributed by atoms with Gasteiger partial charge in [-0.25, -0.2) is 0 Å². The molecule has 1 atom stereocenters. The van der Waals surface area contributed by atoms with Crippen LogP contribution in [0.4, 0.5) is 0 Å². The normalized spacial score (nSPS) is 12.4. The lowest BCUT2D eigenvalue weighted by Gasteiger charge is -2.16. The van der Waals surface area contributed by atoms with Crippen LogP contribution >= 0.6 is 11.8 Å². The zero-order valence-electron chi connectivity index (χ0n) is 14.2. The molecule has 1 aromatic rings. The molecule has 1 aromatic carbocycles. The van der Waals surface area contributed by atoms with E-state index in [0.29, 0.717) is 6.61 Å². The maximum absolute atomic E-state index is 12.4. The highest BCUT2D eigenvalue weighted by molar-refractivity contribution is 7.99. The number of ether oxygens (including phenoxy) is 1. The van der Waals surface area contributed by atoms with Crippen LogP contribution in [0, 0.1) is 5.92 Å². The lowest BCUT2D eigenvalue weighted by atomic mass is 10.0. The molecule has 1 amide bonds. The van der Waals surface area contributed by atoms with Crippen LogP contribution in [-0.2, 0) is 4.74 Å². The summed E-state index contributed by atoms with van der Waals surface area (Å²) in [4.78, 5) is 13.5. The number of methoxy groups -OCH3 is 1. The minimum atomic E-state index is 0.0255. The topological polar surface area (TPSA) is 38.3 Å². The van der Waals surface area contributed by atoms with Crippen LogP contribution in [0.25, 0.3) is 0 Å². The van der Waals surface area contributed by atoms with Crippen LogP contribution in [0.1, 0.15) is 50.4 Å². The predicted molar refractivity (Wildman–Crippen MR) is 94.7 cm³/mol. The Morgan fingerprint density at radius 2 is 1.95 bits per heavy atom. The predicted octanol–water partition coefficient (Wildman–Crippen LogP) is 4.37. The van der Waals surface area contributed by atoms with E-state index >= 15 is 0 Å². The van der Waals surface area contributed by atoms with Gasteiger partial charge in [0.1, 0.15) is 0 Å². The number of benzene rings is 1. The molecule has 0 saturated carbocycles. The number of thioether (sulfide) groups is 1. The van der Waals surface area contributed by atoms with Crippen molar-refractivity contribution in [2.45, 2.75) is 51.0 Å². The molecule has 0 bridgehead atoms. The molecule has 0 aromatic heterocycles. The van der Waals surface area contributed by atoms with Gasteiger partial charge in [-0.05, 0) is 31.4 Å². The van der Waals surface area contributed by atoms with Gasteiger partial charge in [-0.15, -0.1) is 11.8 Å². The molecule has 0 radical (unpaired) electrons. The molecular formula is C18H29NO2S. The van der Waals surface area contributed by atoms with Crippen LogP contribution in [0.3, 0.4) is 0 Å². The van der Waals surface area contributed by atoms with Crippen molar-refractivity contribution in [1.82, 2.24) is 5.32 Å². The van der Waals surface area contributed by atoms with Gasteiger partial charge in [0.2, 0.25) is 0 Å². The molecule has 124 valence electrons. The molecule has 1 unspecified atom stereocenters. The Hall–Kier alpha value is -1.00. The highest BCUT2D eigenvalue weighted by Crippen LogP contribution is 2.22. The van der Waals surface area contributed by atoms with Crippen LogP contribution in [0.2, 0.25) is 0 Å². The third-order valence-electron chi connectivity index (χ3n) is 3.47. The first kappa shape index (κ1) is 19.0. The van der Waals surface area contributed by atoms with Gasteiger partial charge in [0.25, 0.3) is 5.91 Å². The highest BCUT2D eigenvalue weighted by Gasteiger charge is 2.13. The van der Waals surface area contributed by atoms with Gasteiger partial charge < -0.3 is 10.1 Å². The number of hydrogen-bond donors (Lipinski definition) is 1. The Balaban J connectivity index is 2.53. The van der Waals surface area contributed by atoms with Crippen LogP contribution in [-0.4, -0.2) is 31.4 Å². The lowest BCUT2D eigenvalue weighted by Crippen LogP contribution is -2.32. The van der Waals surface area contributed by atoms with Crippen molar-refractivity contribution >= 4 is 17.7 Å². The SMILES string of the molecule is COCCSc1ccccc1C(=O)NC(C)CCCC(C)C. The van der Waals surface area contributed by atoms with Gasteiger partial charge in [0, 0.05) is 23.8 Å². The zero-order chi connectivity index (χ0) is 16.4. The second-order valence-electron chi connectivity index (χ2n) is 6.04. The summed E-state index contributed by atoms with van der Waals surface area (Å²) < 4.78 is 5.07. The fourth-order valence-electron chi connectivity index (χ4n) is 2.22. The Labute approximate surface area is 139 Å². The molecule has 22 heavy (non-hydrogen) atoms. The largest absolute Gasteiger partial charge is 0.384 e. The smallest absolute Gasteiger partial charge is 0.252 e. The van der Waals surface area contributed by atoms with Gasteiger partial charge >= 0.3 is 0 Å². The summed E-state index contributed by atoms with van der Waals surface area (Å²) in [5.74, 6) is 1.60. The molecule has 3 nitrogen and oxygen atoms in total. The van der Waals surface area contributed by atoms with Crippen LogP contribution < -0.4 is 5.32 Å². The van der Waals surface area contributed by atoms with E-state index in [-0.39, 0.29) is 11.9 Å². The molecule has 1 N–H and O–H groups in total. The first-order valence-electron chi connectivity index (χ1n) is 8.06. The van der Waals surface area contributed by atoms with Crippen molar-refractivity contribution in [3.8, 4) is 0 Å². The molecular weight excluding hydrogens is 294 g/mol. The molecule has 1 rings (SSSR count). The molecule has 0 aliphatic rings. The molecule has 0 saturated heterocycles. The van der Waals surface area contributed by atoms with Crippen molar-refractivity contribution in [3.05, 3.63) is 29.8 Å². The number of amides is 1. The molecule has 0 fully saturated rings. The number of rotatable bonds is 10. The van der Waals surface area contributed by atoms with Crippen LogP contribution in [0.5, 0.6) is 0 Å². The standard InChI is InChI=1S/C18H29NO2S/c1-14(2)8-7-9-15(3)19-18(20)16-10-5-6-11-17(16)22-13-12-21-4/h5-6,10-11,14-15H,7-9,12-13H2,1-4H3,(H,19,20). The average Bonchev–Trinajstić information content (AvgIpc) is 2.47. The minimum Gasteiger partial charge on any atom is -0.384 e. The first-order chi connectivity index (χ1) is 10.5. The van der Waals surface area contributed by atoms with Gasteiger partial charge in [-0.2, -0.15) is 0 Å². The Kier molecular flexibility index (Phi) is 9.25. The van der Waals surface area contributed by atoms with Gasteiger partial charge in [0.15, 0.2) is 0 Å². The van der Waals surface area contributed by atoms with Crippen molar-refractivity contribution in [1.29, 1.82) is 0 Å². The van der Waals surface area contributed by atoms with Gasteiger partial charge in [-0.3, -0.25) is 4.79 Å². The second-order valence-corrected chi connectivity index (χ2v) is 7.17. The van der Waals surface area contributed by atoms with Crippen molar-refractivity contribution in [2.24, 2.45) is 5.92 Å². The fourth-order valence-corrected chi connectivity index (χ4v) is 3.18. The van der Waals surface area contributed by atoms with Crippen molar-refractivity contribution in [3.63, 3.8) is 0 Å². The maximum Gasteiger partial charge on any atom is 0.252 e. The minimum absolute atomic E-state index is 0.0255. The van der Waals surface area contributed by atoms with E-state index in [1.807, 2.05) is 24.3 Å². The summed E-state index contributed by atoms with van der Waals surface area (Å²) >= 11 is 1.66. The highest BCUT2D eigenvalue weighted by atomic mass is 32.2. The third-order valence-corrected chi connectivity index (χ3v) is 4.51. The summed E-state index contributed by atoms with van der Waals surface area (Å²) in [5, 5.41) is 3.12. The molecule has 0 spiro atoms. The zero-order valence-corrected chi connectivity index (χ0v) is 15.0. The van der Waals surface area contributed by atoms with Crippen molar-refractivity contribution < 1.29 is 9.53 Å². The molecule has 0 aliphatic heterocycles. The average molecular weight is 324 g/mol. The molecule has 0 aliphatic carbocycles. The van der Waals surface area contributed by atoms with E-state index < -0.39 is 0 Å². The number of carbonyl (C=O) groups is 1. The Morgan fingerprint density at radius 1 is 1.23 bits per heavy atom. The lowest BCUT2D eigenvalue weighted by molar-refractivity contribution is 0.0935. The van der Waals surface area contributed by atoms with E-state index in [0.717, 1.165) is 35.0 Å². The molecule has 0 heterocycles. The summed E-state index contributed by atoms with van der Waals surface area (Å²) in [5.41, 5.74) is 0.763. The quantitative estimate of drug-likeness (QED) is 0.513. The number of carbonyl (C=O) groups excluding carboxylic acids is 1. The monoisotopic (exact) mass is 323 g/mol. The van der Waals surface area contributed by atoms with E-state index in [9.17, 15) is 4.79 Å². The van der Waals surface area contributed by atoms with Crippen molar-refractivity contribution in [2.75, 3.05) is 19.5 Å². The maximum atomic E-state index is 12.4. The number of hydrogen-bond acceptors (Lipinski definition) is 3. The summed E-state index contributed by atoms with van der Waals surface area (Å²) in [6, 6.07) is 7.99. The van der Waals surface area contributed by atoms with Gasteiger partial charge in [0.05, 0.1) is 12.2 Å². The fraction of sp³-hybridized carbons (Fsp3) is 0.611. The summed E-state index contributed by atoms with van der Waals surface area (Å²) in [7, 11) is 1.69. The molecule has 4 heteroatoms. The summed E-state index contributed by atoms with van der Waals surface area (Å²) in [6.07, 6.45) is 3.40. The Bertz CT molecular complexity index is 448. The summed E-state index contributed by atoms with van der Waals surface area (Å²) in [6.45, 7) is 7.23. The van der Waals surface area contributed by atoms with E-state index in [4.69, 9.17) is 4.74 Å². The second kappa shape index (κ2) is 10.7. The van der Waals surface area contributed by atoms with Gasteiger partial charge in [-0.1, -0.05) is 38.8 Å². The first-order valence-corrected chi connectivity index (χ1v) is 9.04. The third kappa shape index (κ3) is 7.32. The van der Waals surface area contributed by atoms with Crippen LogP contribution in [0.15, 0.2) is 29.2 Å². The van der Waals surface area contributed by atoms with E-state index in [1.165, 1.54) is 6.42 Å².